The maximum absolute atomic E-state index is 14.0. The van der Waals surface area contributed by atoms with Crippen LogP contribution in [0, 0.1) is 0 Å². The minimum atomic E-state index is -1.46. The first kappa shape index (κ1) is 29.5. The number of carboxylic acid groups (broad SMARTS) is 1. The van der Waals surface area contributed by atoms with Crippen molar-refractivity contribution in [1.82, 2.24) is 8.75 Å². The molecule has 0 unspecified atom stereocenters. The van der Waals surface area contributed by atoms with E-state index in [1.165, 1.54) is 0 Å². The second-order valence-electron chi connectivity index (χ2n) is 9.39. The SMILES string of the molecule is O=C([O-])/C(=C(\Cc1ccc(OCc2ccccc2)cc1)C(=O)c1ccc2c(c1)OCCO2)c1ccc2nsnc2c1.[Na+]. The van der Waals surface area contributed by atoms with Gasteiger partial charge < -0.3 is 24.1 Å². The molecule has 0 radical (unpaired) electrons. The number of carboxylic acids is 1. The number of aromatic nitrogens is 2. The van der Waals surface area contributed by atoms with Crippen molar-refractivity contribution in [1.29, 1.82) is 0 Å². The van der Waals surface area contributed by atoms with Gasteiger partial charge in [-0.05, 0) is 59.2 Å². The van der Waals surface area contributed by atoms with Gasteiger partial charge in [-0.15, -0.1) is 0 Å². The average molecular weight is 587 g/mol. The fourth-order valence-corrected chi connectivity index (χ4v) is 5.16. The molecule has 1 aliphatic rings. The number of Topliss-reactive ketones (excluding diaryl/α,β-unsaturated/α-hetero) is 1. The van der Waals surface area contributed by atoms with Crippen LogP contribution < -0.4 is 48.9 Å². The van der Waals surface area contributed by atoms with E-state index in [2.05, 4.69) is 8.75 Å². The van der Waals surface area contributed by atoms with Crippen LogP contribution in [0.3, 0.4) is 0 Å². The number of carbonyl (C=O) groups is 2. The fourth-order valence-electron chi connectivity index (χ4n) is 4.64. The molecule has 6 rings (SSSR count). The Morgan fingerprint density at radius 1 is 0.786 bits per heavy atom. The molecule has 0 saturated carbocycles. The van der Waals surface area contributed by atoms with Crippen molar-refractivity contribution in [3.05, 3.63) is 119 Å². The molecular weight excluding hydrogens is 563 g/mol. The second kappa shape index (κ2) is 13.3. The van der Waals surface area contributed by atoms with Gasteiger partial charge >= 0.3 is 29.6 Å². The van der Waals surface area contributed by atoms with Crippen molar-refractivity contribution in [3.8, 4) is 17.2 Å². The van der Waals surface area contributed by atoms with Gasteiger partial charge in [-0.25, -0.2) is 0 Å². The first-order valence-electron chi connectivity index (χ1n) is 12.9. The van der Waals surface area contributed by atoms with Gasteiger partial charge in [-0.1, -0.05) is 48.5 Å². The first-order valence-corrected chi connectivity index (χ1v) is 13.7. The van der Waals surface area contributed by atoms with Crippen molar-refractivity contribution in [2.75, 3.05) is 13.2 Å². The maximum atomic E-state index is 14.0. The monoisotopic (exact) mass is 586 g/mol. The number of carbonyl (C=O) groups excluding carboxylic acids is 2. The van der Waals surface area contributed by atoms with Crippen LogP contribution in [0.2, 0.25) is 0 Å². The Morgan fingerprint density at radius 3 is 2.26 bits per heavy atom. The largest absolute Gasteiger partial charge is 1.00 e. The molecule has 1 aliphatic heterocycles. The van der Waals surface area contributed by atoms with Crippen LogP contribution >= 0.6 is 11.7 Å². The Bertz CT molecular complexity index is 1770. The number of benzene rings is 4. The molecule has 8 nitrogen and oxygen atoms in total. The molecule has 0 spiro atoms. The van der Waals surface area contributed by atoms with Crippen LogP contribution in [-0.4, -0.2) is 33.7 Å². The summed E-state index contributed by atoms with van der Waals surface area (Å²) < 4.78 is 25.6. The van der Waals surface area contributed by atoms with Gasteiger partial charge in [-0.3, -0.25) is 4.79 Å². The standard InChI is InChI=1S/C32H24N2O6S.Na/c35-31(23-9-13-28-29(18-23)39-15-14-38-28)25(30(32(36)37)22-8-12-26-27(17-22)34-41-33-26)16-20-6-10-24(11-7-20)40-19-21-4-2-1-3-5-21;/h1-13,17-18H,14-16,19H2,(H,36,37);/q;+1/p-1/b30-25+;. The van der Waals surface area contributed by atoms with E-state index in [-0.39, 0.29) is 52.7 Å². The molecule has 4 aromatic carbocycles. The molecule has 10 heteroatoms. The average Bonchev–Trinajstić information content (AvgIpc) is 3.48. The minimum Gasteiger partial charge on any atom is -0.545 e. The topological polar surface area (TPSA) is 111 Å². The zero-order valence-corrected chi connectivity index (χ0v) is 25.6. The van der Waals surface area contributed by atoms with E-state index in [9.17, 15) is 14.7 Å². The number of hydrogen-bond acceptors (Lipinski definition) is 9. The molecule has 0 aliphatic carbocycles. The van der Waals surface area contributed by atoms with Crippen LogP contribution in [0.1, 0.15) is 27.0 Å². The summed E-state index contributed by atoms with van der Waals surface area (Å²) in [6, 6.07) is 26.8. The Morgan fingerprint density at radius 2 is 1.50 bits per heavy atom. The van der Waals surface area contributed by atoms with Gasteiger partial charge in [0.25, 0.3) is 0 Å². The van der Waals surface area contributed by atoms with Crippen LogP contribution in [0.4, 0.5) is 0 Å². The second-order valence-corrected chi connectivity index (χ2v) is 9.92. The van der Waals surface area contributed by atoms with Crippen molar-refractivity contribution >= 4 is 40.1 Å². The number of allylic oxidation sites excluding steroid dienone is 1. The van der Waals surface area contributed by atoms with Crippen molar-refractivity contribution in [2.45, 2.75) is 13.0 Å². The molecule has 2 heterocycles. The van der Waals surface area contributed by atoms with Gasteiger partial charge in [0, 0.05) is 23.1 Å². The molecule has 0 fully saturated rings. The third kappa shape index (κ3) is 6.55. The predicted octanol–water partition coefficient (Wildman–Crippen LogP) is 1.67. The molecule has 204 valence electrons. The molecule has 0 atom stereocenters. The summed E-state index contributed by atoms with van der Waals surface area (Å²) in [6.45, 7) is 1.19. The Balaban J connectivity index is 0.00000353. The summed E-state index contributed by atoms with van der Waals surface area (Å²) >= 11 is 1.03. The fraction of sp³-hybridized carbons (Fsp3) is 0.125. The Labute approximate surface area is 268 Å². The summed E-state index contributed by atoms with van der Waals surface area (Å²) in [5.74, 6) is -0.293. The number of ether oxygens (including phenoxy) is 3. The third-order valence-corrected chi connectivity index (χ3v) is 7.24. The number of rotatable bonds is 9. The van der Waals surface area contributed by atoms with E-state index in [1.807, 2.05) is 42.5 Å². The Kier molecular flexibility index (Phi) is 9.34. The smallest absolute Gasteiger partial charge is 0.545 e. The number of fused-ring (bicyclic) bond motifs is 2. The molecule has 0 bridgehead atoms. The molecule has 42 heavy (non-hydrogen) atoms. The quantitative estimate of drug-likeness (QED) is 0.146. The molecule has 0 saturated heterocycles. The van der Waals surface area contributed by atoms with Gasteiger partial charge in [-0.2, -0.15) is 8.75 Å². The number of nitrogens with zero attached hydrogens (tertiary/aromatic N) is 2. The van der Waals surface area contributed by atoms with Gasteiger partial charge in [0.1, 0.15) is 36.6 Å². The van der Waals surface area contributed by atoms with Crippen LogP contribution in [0.5, 0.6) is 17.2 Å². The third-order valence-electron chi connectivity index (χ3n) is 6.68. The summed E-state index contributed by atoms with van der Waals surface area (Å²) in [5.41, 5.74) is 3.41. The zero-order chi connectivity index (χ0) is 28.2. The maximum Gasteiger partial charge on any atom is 1.00 e. The van der Waals surface area contributed by atoms with Crippen molar-refractivity contribution in [2.24, 2.45) is 0 Å². The van der Waals surface area contributed by atoms with E-state index < -0.39 is 11.8 Å². The normalized spacial score (nSPS) is 12.7. The number of hydrogen-bond donors (Lipinski definition) is 0. The van der Waals surface area contributed by atoms with Crippen LogP contribution in [0.15, 0.2) is 96.6 Å². The molecule has 1 aromatic heterocycles. The number of aliphatic carboxylic acids is 1. The van der Waals surface area contributed by atoms with E-state index >= 15 is 0 Å². The van der Waals surface area contributed by atoms with Crippen LogP contribution in [-0.2, 0) is 17.8 Å². The van der Waals surface area contributed by atoms with E-state index in [4.69, 9.17) is 14.2 Å². The van der Waals surface area contributed by atoms with E-state index in [0.29, 0.717) is 53.7 Å². The molecule has 5 aromatic rings. The van der Waals surface area contributed by atoms with E-state index in [0.717, 1.165) is 22.9 Å². The predicted molar refractivity (Wildman–Crippen MR) is 152 cm³/mol. The molecular formula is C32H23N2NaO6S. The number of ketones is 1. The van der Waals surface area contributed by atoms with Crippen LogP contribution in [0.25, 0.3) is 16.6 Å². The van der Waals surface area contributed by atoms with E-state index in [1.54, 1.807) is 48.5 Å². The molecule has 0 N–H and O–H groups in total. The van der Waals surface area contributed by atoms with Gasteiger partial charge in [0.05, 0.1) is 17.7 Å². The van der Waals surface area contributed by atoms with Gasteiger partial charge in [0.2, 0.25) is 0 Å². The summed E-state index contributed by atoms with van der Waals surface area (Å²) in [4.78, 5) is 26.6. The summed E-state index contributed by atoms with van der Waals surface area (Å²) in [7, 11) is 0. The first-order chi connectivity index (χ1) is 20.0. The Hall–Kier alpha value is -4.02. The minimum absolute atomic E-state index is 0. The van der Waals surface area contributed by atoms with Crippen molar-refractivity contribution in [3.63, 3.8) is 0 Å². The van der Waals surface area contributed by atoms with Gasteiger partial charge in [0.15, 0.2) is 17.3 Å². The zero-order valence-electron chi connectivity index (χ0n) is 22.7. The van der Waals surface area contributed by atoms with Crippen molar-refractivity contribution < 1.29 is 58.5 Å². The summed E-state index contributed by atoms with van der Waals surface area (Å²) in [6.07, 6.45) is 0.0446. The molecule has 0 amide bonds. The summed E-state index contributed by atoms with van der Waals surface area (Å²) in [5, 5.41) is 12.6.